The lowest BCUT2D eigenvalue weighted by Gasteiger charge is -2.12. The summed E-state index contributed by atoms with van der Waals surface area (Å²) in [5.74, 6) is 0.235. The minimum atomic E-state index is -4.28. The molecule has 2 rings (SSSR count). The Balaban J connectivity index is 2.51. The molecule has 0 radical (unpaired) electrons. The van der Waals surface area contributed by atoms with Gasteiger partial charge in [-0.05, 0) is 48.9 Å². The molecule has 15 heavy (non-hydrogen) atoms. The Morgan fingerprint density at radius 1 is 1.27 bits per heavy atom. The van der Waals surface area contributed by atoms with Gasteiger partial charge in [-0.3, -0.25) is 0 Å². The standard InChI is InChI=1S/C11H10ClF3/c1-6-4-8(11(13,14)15)5-9(10(6)12)7-2-3-7/h4-5,7H,2-3H2,1H3. The fourth-order valence-corrected chi connectivity index (χ4v) is 1.92. The van der Waals surface area contributed by atoms with E-state index >= 15 is 0 Å². The third-order valence-electron chi connectivity index (χ3n) is 2.63. The molecular formula is C11H10ClF3. The molecule has 0 aromatic heterocycles. The number of aryl methyl sites for hydroxylation is 1. The lowest BCUT2D eigenvalue weighted by Crippen LogP contribution is -2.06. The topological polar surface area (TPSA) is 0 Å². The van der Waals surface area contributed by atoms with Gasteiger partial charge in [-0.15, -0.1) is 0 Å². The van der Waals surface area contributed by atoms with Gasteiger partial charge in [-0.25, -0.2) is 0 Å². The Labute approximate surface area is 91.1 Å². The molecule has 82 valence electrons. The molecule has 0 nitrogen and oxygen atoms in total. The zero-order chi connectivity index (χ0) is 11.2. The molecule has 1 aromatic carbocycles. The monoisotopic (exact) mass is 234 g/mol. The minimum absolute atomic E-state index is 0.235. The predicted molar refractivity (Wildman–Crippen MR) is 53.2 cm³/mol. The lowest BCUT2D eigenvalue weighted by atomic mass is 10.0. The van der Waals surface area contributed by atoms with Gasteiger partial charge in [0.1, 0.15) is 0 Å². The fourth-order valence-electron chi connectivity index (χ4n) is 1.65. The van der Waals surface area contributed by atoms with E-state index in [2.05, 4.69) is 0 Å². The highest BCUT2D eigenvalue weighted by atomic mass is 35.5. The summed E-state index contributed by atoms with van der Waals surface area (Å²) in [6, 6.07) is 2.29. The fraction of sp³-hybridized carbons (Fsp3) is 0.455. The summed E-state index contributed by atoms with van der Waals surface area (Å²) in [6.07, 6.45) is -2.39. The van der Waals surface area contributed by atoms with Crippen molar-refractivity contribution in [2.45, 2.75) is 31.9 Å². The largest absolute Gasteiger partial charge is 0.416 e. The molecule has 0 N–H and O–H groups in total. The van der Waals surface area contributed by atoms with Gasteiger partial charge in [-0.2, -0.15) is 13.2 Å². The molecule has 0 atom stereocenters. The summed E-state index contributed by atoms with van der Waals surface area (Å²) in [7, 11) is 0. The Morgan fingerprint density at radius 2 is 1.87 bits per heavy atom. The van der Waals surface area contributed by atoms with Crippen molar-refractivity contribution < 1.29 is 13.2 Å². The van der Waals surface area contributed by atoms with E-state index in [1.165, 1.54) is 6.07 Å². The maximum absolute atomic E-state index is 12.5. The third-order valence-corrected chi connectivity index (χ3v) is 3.14. The van der Waals surface area contributed by atoms with Crippen LogP contribution in [0, 0.1) is 6.92 Å². The van der Waals surface area contributed by atoms with Crippen LogP contribution < -0.4 is 0 Å². The minimum Gasteiger partial charge on any atom is -0.166 e. The van der Waals surface area contributed by atoms with Crippen molar-refractivity contribution in [3.63, 3.8) is 0 Å². The van der Waals surface area contributed by atoms with E-state index in [0.29, 0.717) is 16.1 Å². The van der Waals surface area contributed by atoms with E-state index < -0.39 is 11.7 Å². The van der Waals surface area contributed by atoms with Crippen molar-refractivity contribution in [3.8, 4) is 0 Å². The molecule has 0 aliphatic heterocycles. The van der Waals surface area contributed by atoms with E-state index in [4.69, 9.17) is 11.6 Å². The van der Waals surface area contributed by atoms with Crippen LogP contribution in [0.2, 0.25) is 5.02 Å². The van der Waals surface area contributed by atoms with Gasteiger partial charge < -0.3 is 0 Å². The Kier molecular flexibility index (Phi) is 2.45. The van der Waals surface area contributed by atoms with E-state index in [9.17, 15) is 13.2 Å². The average Bonchev–Trinajstić information content (AvgIpc) is 2.90. The summed E-state index contributed by atoms with van der Waals surface area (Å²) in [5, 5.41) is 0.491. The summed E-state index contributed by atoms with van der Waals surface area (Å²) in [5.41, 5.74) is 0.573. The summed E-state index contributed by atoms with van der Waals surface area (Å²) >= 11 is 5.98. The number of hydrogen-bond acceptors (Lipinski definition) is 0. The molecule has 1 aliphatic carbocycles. The lowest BCUT2D eigenvalue weighted by molar-refractivity contribution is -0.137. The molecule has 1 fully saturated rings. The quantitative estimate of drug-likeness (QED) is 0.669. The predicted octanol–water partition coefficient (Wildman–Crippen LogP) is 4.54. The van der Waals surface area contributed by atoms with E-state index in [0.717, 1.165) is 18.9 Å². The normalized spacial score (nSPS) is 16.9. The van der Waals surface area contributed by atoms with E-state index in [1.807, 2.05) is 0 Å². The summed E-state index contributed by atoms with van der Waals surface area (Å²) in [4.78, 5) is 0. The van der Waals surface area contributed by atoms with Crippen molar-refractivity contribution in [2.75, 3.05) is 0 Å². The van der Waals surface area contributed by atoms with Crippen molar-refractivity contribution in [1.82, 2.24) is 0 Å². The smallest absolute Gasteiger partial charge is 0.166 e. The molecule has 1 aliphatic rings. The maximum atomic E-state index is 12.5. The second kappa shape index (κ2) is 3.41. The molecule has 0 heterocycles. The zero-order valence-electron chi connectivity index (χ0n) is 8.16. The molecule has 4 heteroatoms. The van der Waals surface area contributed by atoms with E-state index in [-0.39, 0.29) is 5.92 Å². The Bertz CT molecular complexity index is 392. The van der Waals surface area contributed by atoms with Crippen LogP contribution in [0.15, 0.2) is 12.1 Å². The first-order chi connectivity index (χ1) is 6.89. The molecule has 0 spiro atoms. The van der Waals surface area contributed by atoms with Crippen LogP contribution in [0.25, 0.3) is 0 Å². The number of alkyl halides is 3. The van der Waals surface area contributed by atoms with Gasteiger partial charge in [0, 0.05) is 5.02 Å². The third kappa shape index (κ3) is 2.12. The van der Waals surface area contributed by atoms with Crippen LogP contribution in [-0.2, 0) is 6.18 Å². The first-order valence-electron chi connectivity index (χ1n) is 4.77. The molecule has 0 saturated heterocycles. The molecule has 0 amide bonds. The highest BCUT2D eigenvalue weighted by Gasteiger charge is 2.34. The van der Waals surface area contributed by atoms with Gasteiger partial charge in [0.2, 0.25) is 0 Å². The van der Waals surface area contributed by atoms with Gasteiger partial charge in [-0.1, -0.05) is 11.6 Å². The maximum Gasteiger partial charge on any atom is 0.416 e. The number of benzene rings is 1. The molecule has 0 bridgehead atoms. The molecule has 1 aromatic rings. The molecule has 1 saturated carbocycles. The van der Waals surface area contributed by atoms with Crippen molar-refractivity contribution in [3.05, 3.63) is 33.8 Å². The van der Waals surface area contributed by atoms with Gasteiger partial charge in [0.25, 0.3) is 0 Å². The second-order valence-electron chi connectivity index (χ2n) is 3.97. The van der Waals surface area contributed by atoms with Crippen molar-refractivity contribution >= 4 is 11.6 Å². The average molecular weight is 235 g/mol. The highest BCUT2D eigenvalue weighted by Crippen LogP contribution is 2.46. The van der Waals surface area contributed by atoms with Crippen LogP contribution in [0.3, 0.4) is 0 Å². The van der Waals surface area contributed by atoms with Gasteiger partial charge in [0.15, 0.2) is 0 Å². The summed E-state index contributed by atoms with van der Waals surface area (Å²) in [6.45, 7) is 1.61. The van der Waals surface area contributed by atoms with Crippen LogP contribution in [0.4, 0.5) is 13.2 Å². The molecular weight excluding hydrogens is 225 g/mol. The van der Waals surface area contributed by atoms with Crippen LogP contribution >= 0.6 is 11.6 Å². The van der Waals surface area contributed by atoms with Crippen LogP contribution in [0.1, 0.15) is 35.4 Å². The second-order valence-corrected chi connectivity index (χ2v) is 4.35. The van der Waals surface area contributed by atoms with Gasteiger partial charge in [0.05, 0.1) is 5.56 Å². The number of rotatable bonds is 1. The zero-order valence-corrected chi connectivity index (χ0v) is 8.91. The first-order valence-corrected chi connectivity index (χ1v) is 5.14. The van der Waals surface area contributed by atoms with Gasteiger partial charge >= 0.3 is 6.18 Å². The van der Waals surface area contributed by atoms with Crippen molar-refractivity contribution in [2.24, 2.45) is 0 Å². The number of halogens is 4. The Hall–Kier alpha value is -0.700. The highest BCUT2D eigenvalue weighted by molar-refractivity contribution is 6.32. The summed E-state index contributed by atoms with van der Waals surface area (Å²) < 4.78 is 37.6. The van der Waals surface area contributed by atoms with Crippen LogP contribution in [0.5, 0.6) is 0 Å². The molecule has 0 unspecified atom stereocenters. The Morgan fingerprint density at radius 3 is 2.33 bits per heavy atom. The first kappa shape index (κ1) is 10.8. The SMILES string of the molecule is Cc1cc(C(F)(F)F)cc(C2CC2)c1Cl. The number of hydrogen-bond donors (Lipinski definition) is 0. The van der Waals surface area contributed by atoms with E-state index in [1.54, 1.807) is 6.92 Å². The van der Waals surface area contributed by atoms with Crippen molar-refractivity contribution in [1.29, 1.82) is 0 Å². The van der Waals surface area contributed by atoms with Crippen LogP contribution in [-0.4, -0.2) is 0 Å².